The number of halogens is 2. The molecule has 7 N–H and O–H groups in total. The van der Waals surface area contributed by atoms with Gasteiger partial charge in [0.2, 0.25) is 0 Å². The van der Waals surface area contributed by atoms with Crippen molar-refractivity contribution < 1.29 is 37.8 Å². The lowest BCUT2D eigenvalue weighted by Crippen LogP contribution is -2.30. The Morgan fingerprint density at radius 2 is 1.06 bits per heavy atom. The summed E-state index contributed by atoms with van der Waals surface area (Å²) >= 11 is 0. The van der Waals surface area contributed by atoms with Crippen LogP contribution in [0.3, 0.4) is 0 Å². The first-order valence-corrected chi connectivity index (χ1v) is 20.7. The van der Waals surface area contributed by atoms with Gasteiger partial charge in [-0.15, -0.1) is 0 Å². The molecule has 6 heterocycles. The molecule has 7 aromatic rings. The second kappa shape index (κ2) is 19.8. The standard InChI is InChI=1S/C27H24FN5O3.C20H18FN5O3/c28-19-10-9-18-15-32-27(35)23-24(36-16-17-6-2-1-3-7-17)22-20(8-4-11-29-22)25(33-23)30-12-5-13-31-26(34)21(18)14-19;21-12-5-4-11-10-25-20(29)16-17(27)15-13(3-1-6-22-15)18(26-16)23-7-2-8-24-19(28)14(11)9-12/h1-4,6-11,14H,5,12-13,15-16H2,(H,30,33)(H,31,34)(H,32,35);1,3-6,9,27H,2,7-8,10H2,(H,23,26)(H,24,28)(H,25,29). The third kappa shape index (κ3) is 10.0. The molecule has 330 valence electrons. The van der Waals surface area contributed by atoms with E-state index in [0.29, 0.717) is 78.1 Å². The molecule has 4 amide bonds. The van der Waals surface area contributed by atoms with Crippen LogP contribution >= 0.6 is 0 Å². The first-order chi connectivity index (χ1) is 31.6. The Balaban J connectivity index is 0.000000181. The third-order valence-electron chi connectivity index (χ3n) is 10.5. The van der Waals surface area contributed by atoms with E-state index >= 15 is 0 Å². The Morgan fingerprint density at radius 1 is 0.554 bits per heavy atom. The van der Waals surface area contributed by atoms with Crippen LogP contribution in [0, 0.1) is 11.6 Å². The van der Waals surface area contributed by atoms with Crippen LogP contribution < -0.4 is 36.6 Å². The molecule has 0 saturated heterocycles. The number of nitrogens with one attached hydrogen (secondary N) is 6. The highest BCUT2D eigenvalue weighted by Gasteiger charge is 2.24. The largest absolute Gasteiger partial charge is 0.504 e. The average molecular weight is 881 g/mol. The van der Waals surface area contributed by atoms with Crippen molar-refractivity contribution in [3.8, 4) is 11.5 Å². The van der Waals surface area contributed by atoms with Crippen LogP contribution in [0.15, 0.2) is 103 Å². The van der Waals surface area contributed by atoms with Crippen LogP contribution in [0.4, 0.5) is 20.4 Å². The molecule has 65 heavy (non-hydrogen) atoms. The molecule has 0 atom stereocenters. The summed E-state index contributed by atoms with van der Waals surface area (Å²) in [4.78, 5) is 68.8. The summed E-state index contributed by atoms with van der Waals surface area (Å²) in [6, 6.07) is 24.4. The highest BCUT2D eigenvalue weighted by atomic mass is 19.1. The number of carbonyl (C=O) groups is 4. The minimum Gasteiger partial charge on any atom is -0.504 e. The number of hydrogen-bond donors (Lipinski definition) is 7. The van der Waals surface area contributed by atoms with Crippen LogP contribution in [0.25, 0.3) is 21.8 Å². The molecule has 0 fully saturated rings. The molecule has 2 aliphatic heterocycles. The van der Waals surface area contributed by atoms with E-state index < -0.39 is 35.3 Å². The molecule has 4 bridgehead atoms. The number of aromatic nitrogens is 4. The van der Waals surface area contributed by atoms with Crippen molar-refractivity contribution in [3.63, 3.8) is 0 Å². The molecular formula is C47H42F2N10O6. The van der Waals surface area contributed by atoms with Gasteiger partial charge in [0.1, 0.15) is 40.9 Å². The van der Waals surface area contributed by atoms with Crippen molar-refractivity contribution in [1.82, 2.24) is 41.2 Å². The van der Waals surface area contributed by atoms with Crippen molar-refractivity contribution in [3.05, 3.63) is 154 Å². The number of hydrogen-bond acceptors (Lipinski definition) is 12. The lowest BCUT2D eigenvalue weighted by molar-refractivity contribution is 0.0929. The number of aromatic hydroxyl groups is 1. The van der Waals surface area contributed by atoms with Gasteiger partial charge in [0, 0.05) is 73.6 Å². The van der Waals surface area contributed by atoms with Gasteiger partial charge in [-0.05, 0) is 78.1 Å². The first kappa shape index (κ1) is 43.4. The normalized spacial score (nSPS) is 14.5. The molecule has 2 aliphatic rings. The van der Waals surface area contributed by atoms with Crippen LogP contribution in [-0.2, 0) is 19.7 Å². The Morgan fingerprint density at radius 3 is 1.65 bits per heavy atom. The number of pyridine rings is 4. The van der Waals surface area contributed by atoms with E-state index in [-0.39, 0.29) is 59.2 Å². The minimum absolute atomic E-state index is 0.00465. The quantitative estimate of drug-likeness (QED) is 0.112. The highest BCUT2D eigenvalue weighted by Crippen LogP contribution is 2.33. The maximum absolute atomic E-state index is 13.9. The van der Waals surface area contributed by atoms with Gasteiger partial charge in [0.15, 0.2) is 22.9 Å². The van der Waals surface area contributed by atoms with Gasteiger partial charge in [-0.2, -0.15) is 0 Å². The Hall–Kier alpha value is -8.28. The summed E-state index contributed by atoms with van der Waals surface area (Å²) in [6.45, 7) is 1.89. The molecule has 0 saturated carbocycles. The maximum atomic E-state index is 13.9. The second-order valence-corrected chi connectivity index (χ2v) is 14.9. The summed E-state index contributed by atoms with van der Waals surface area (Å²) < 4.78 is 33.7. The van der Waals surface area contributed by atoms with Crippen molar-refractivity contribution in [2.75, 3.05) is 36.8 Å². The van der Waals surface area contributed by atoms with Gasteiger partial charge in [0.25, 0.3) is 23.6 Å². The zero-order valence-corrected chi connectivity index (χ0v) is 34.7. The van der Waals surface area contributed by atoms with Gasteiger partial charge in [0.05, 0.1) is 0 Å². The fraction of sp³-hybridized carbons (Fsp3) is 0.191. The summed E-state index contributed by atoms with van der Waals surface area (Å²) in [5.41, 5.74) is 2.86. The molecule has 18 heteroatoms. The van der Waals surface area contributed by atoms with E-state index in [1.807, 2.05) is 36.4 Å². The minimum atomic E-state index is -0.633. The van der Waals surface area contributed by atoms with Crippen molar-refractivity contribution in [2.24, 2.45) is 0 Å². The van der Waals surface area contributed by atoms with Crippen molar-refractivity contribution in [1.29, 1.82) is 0 Å². The average Bonchev–Trinajstić information content (AvgIpc) is 3.32. The molecule has 0 spiro atoms. The van der Waals surface area contributed by atoms with E-state index in [2.05, 4.69) is 51.8 Å². The molecule has 0 unspecified atom stereocenters. The summed E-state index contributed by atoms with van der Waals surface area (Å²) in [7, 11) is 0. The monoisotopic (exact) mass is 880 g/mol. The maximum Gasteiger partial charge on any atom is 0.274 e. The number of amides is 4. The molecule has 0 aliphatic carbocycles. The smallest absolute Gasteiger partial charge is 0.274 e. The second-order valence-electron chi connectivity index (χ2n) is 14.9. The predicted molar refractivity (Wildman–Crippen MR) is 238 cm³/mol. The zero-order chi connectivity index (χ0) is 45.3. The van der Waals surface area contributed by atoms with E-state index in [1.165, 1.54) is 36.5 Å². The van der Waals surface area contributed by atoms with Crippen molar-refractivity contribution in [2.45, 2.75) is 32.5 Å². The van der Waals surface area contributed by atoms with Crippen molar-refractivity contribution >= 4 is 57.1 Å². The number of nitrogens with zero attached hydrogens (tertiary/aromatic N) is 4. The van der Waals surface area contributed by atoms with Crippen LogP contribution in [0.1, 0.15) is 71.2 Å². The lowest BCUT2D eigenvalue weighted by Gasteiger charge is -2.18. The fourth-order valence-corrected chi connectivity index (χ4v) is 7.21. The van der Waals surface area contributed by atoms with Crippen LogP contribution in [-0.4, -0.2) is 74.9 Å². The molecule has 0 radical (unpaired) electrons. The first-order valence-electron chi connectivity index (χ1n) is 20.7. The molecule has 9 rings (SSSR count). The molecule has 16 nitrogen and oxygen atoms in total. The number of ether oxygens (including phenoxy) is 1. The fourth-order valence-electron chi connectivity index (χ4n) is 7.21. The van der Waals surface area contributed by atoms with E-state index in [1.54, 1.807) is 24.4 Å². The van der Waals surface area contributed by atoms with Crippen LogP contribution in [0.5, 0.6) is 11.5 Å². The SMILES string of the molecule is O=C1NCCCNc2nc(c(O)c3ncccc23)C(=O)NCc2ccc(F)cc21.O=C1NCCCNc2nc(c(OCc3ccccc3)c3ncccc23)C(=O)NCc2ccc(F)cc21. The van der Waals surface area contributed by atoms with Crippen LogP contribution in [0.2, 0.25) is 0 Å². The van der Waals surface area contributed by atoms with Gasteiger partial charge < -0.3 is 41.7 Å². The number of carbonyl (C=O) groups excluding carboxylic acids is 4. The van der Waals surface area contributed by atoms with E-state index in [0.717, 1.165) is 11.6 Å². The summed E-state index contributed by atoms with van der Waals surface area (Å²) in [5, 5.41) is 29.2. The Labute approximate surface area is 370 Å². The zero-order valence-electron chi connectivity index (χ0n) is 34.7. The van der Waals surface area contributed by atoms with Gasteiger partial charge in [-0.1, -0.05) is 42.5 Å². The van der Waals surface area contributed by atoms with Gasteiger partial charge >= 0.3 is 0 Å². The number of fused-ring (bicyclic) bond motifs is 10. The molecule has 4 aromatic heterocycles. The Bertz CT molecular complexity index is 2940. The number of benzene rings is 3. The highest BCUT2D eigenvalue weighted by molar-refractivity contribution is 6.05. The lowest BCUT2D eigenvalue weighted by atomic mass is 10.1. The van der Waals surface area contributed by atoms with Gasteiger partial charge in [-0.3, -0.25) is 29.1 Å². The van der Waals surface area contributed by atoms with Gasteiger partial charge in [-0.25, -0.2) is 18.7 Å². The Kier molecular flexibility index (Phi) is 13.2. The molecular weight excluding hydrogens is 839 g/mol. The summed E-state index contributed by atoms with van der Waals surface area (Å²) in [6.07, 6.45) is 4.32. The van der Waals surface area contributed by atoms with E-state index in [4.69, 9.17) is 4.74 Å². The number of rotatable bonds is 3. The van der Waals surface area contributed by atoms with E-state index in [9.17, 15) is 33.1 Å². The predicted octanol–water partition coefficient (Wildman–Crippen LogP) is 5.77. The number of anilines is 2. The topological polar surface area (TPSA) is 221 Å². The third-order valence-corrected chi connectivity index (χ3v) is 10.5. The summed E-state index contributed by atoms with van der Waals surface area (Å²) in [5.74, 6) is -2.15. The molecule has 3 aromatic carbocycles.